The fourth-order valence-corrected chi connectivity index (χ4v) is 2.05. The van der Waals surface area contributed by atoms with Crippen molar-refractivity contribution in [2.75, 3.05) is 6.61 Å². The quantitative estimate of drug-likeness (QED) is 0.301. The van der Waals surface area contributed by atoms with E-state index in [1.54, 1.807) is 0 Å². The van der Waals surface area contributed by atoms with Gasteiger partial charge in [-0.25, -0.2) is 0 Å². The molecule has 1 aromatic rings. The zero-order valence-electron chi connectivity index (χ0n) is 13.0. The van der Waals surface area contributed by atoms with Crippen LogP contribution in [0, 0.1) is 5.92 Å². The maximum Gasteiger partial charge on any atom is 0.306 e. The molecule has 5 nitrogen and oxygen atoms in total. The van der Waals surface area contributed by atoms with Gasteiger partial charge in [0.1, 0.15) is 0 Å². The smallest absolute Gasteiger partial charge is 0.306 e. The average molecular weight is 289 g/mol. The first-order valence-electron chi connectivity index (χ1n) is 7.39. The van der Waals surface area contributed by atoms with Gasteiger partial charge in [-0.1, -0.05) is 38.0 Å². The summed E-state index contributed by atoms with van der Waals surface area (Å²) < 4.78 is 5.05. The molecule has 0 spiro atoms. The summed E-state index contributed by atoms with van der Waals surface area (Å²) in [7, 11) is 0. The summed E-state index contributed by atoms with van der Waals surface area (Å²) in [6.45, 7) is 6.68. The van der Waals surface area contributed by atoms with Gasteiger partial charge in [0.25, 0.3) is 0 Å². The number of carbonyl (C=O) groups excluding carboxylic acids is 1. The van der Waals surface area contributed by atoms with Gasteiger partial charge in [0, 0.05) is 17.0 Å². The van der Waals surface area contributed by atoms with Crippen LogP contribution in [0.4, 0.5) is 5.69 Å². The molecule has 114 valence electrons. The van der Waals surface area contributed by atoms with E-state index in [4.69, 9.17) is 10.3 Å². The minimum Gasteiger partial charge on any atom is -0.466 e. The van der Waals surface area contributed by atoms with Gasteiger partial charge in [0.15, 0.2) is 0 Å². The lowest BCUT2D eigenvalue weighted by molar-refractivity contribution is -0.143. The SMILES string of the molecule is CCCOC(=O)CCc1ccc(CC(C)C)c(N=[N+]=[N-])c1. The topological polar surface area (TPSA) is 75.1 Å². The van der Waals surface area contributed by atoms with Crippen LogP contribution in [-0.2, 0) is 22.4 Å². The van der Waals surface area contributed by atoms with Crippen LogP contribution in [0.5, 0.6) is 0 Å². The van der Waals surface area contributed by atoms with Gasteiger partial charge in [0.2, 0.25) is 0 Å². The van der Waals surface area contributed by atoms with Gasteiger partial charge in [0.05, 0.1) is 6.61 Å². The molecule has 0 aromatic heterocycles. The third-order valence-corrected chi connectivity index (χ3v) is 3.02. The summed E-state index contributed by atoms with van der Waals surface area (Å²) in [5, 5.41) is 3.76. The highest BCUT2D eigenvalue weighted by Gasteiger charge is 2.07. The molecule has 0 aliphatic rings. The lowest BCUT2D eigenvalue weighted by Crippen LogP contribution is -2.06. The molecule has 0 unspecified atom stereocenters. The summed E-state index contributed by atoms with van der Waals surface area (Å²) in [5.74, 6) is 0.306. The van der Waals surface area contributed by atoms with Crippen LogP contribution in [-0.4, -0.2) is 12.6 Å². The van der Waals surface area contributed by atoms with E-state index in [0.717, 1.165) is 24.0 Å². The van der Waals surface area contributed by atoms with E-state index in [1.807, 2.05) is 25.1 Å². The Morgan fingerprint density at radius 1 is 1.43 bits per heavy atom. The van der Waals surface area contributed by atoms with Crippen molar-refractivity contribution in [2.45, 2.75) is 46.5 Å². The van der Waals surface area contributed by atoms with Crippen molar-refractivity contribution in [1.82, 2.24) is 0 Å². The van der Waals surface area contributed by atoms with Gasteiger partial charge < -0.3 is 4.74 Å². The second-order valence-corrected chi connectivity index (χ2v) is 5.47. The molecule has 21 heavy (non-hydrogen) atoms. The third kappa shape index (κ3) is 6.32. The first kappa shape index (κ1) is 17.1. The number of nitrogens with zero attached hydrogens (tertiary/aromatic N) is 3. The van der Waals surface area contributed by atoms with Gasteiger partial charge in [-0.05, 0) is 47.9 Å². The fraction of sp³-hybridized carbons (Fsp3) is 0.562. The maximum absolute atomic E-state index is 11.5. The summed E-state index contributed by atoms with van der Waals surface area (Å²) in [4.78, 5) is 14.4. The molecule has 0 saturated heterocycles. The number of azide groups is 1. The molecule has 0 fully saturated rings. The van der Waals surface area contributed by atoms with Crippen LogP contribution < -0.4 is 0 Å². The Morgan fingerprint density at radius 2 is 2.19 bits per heavy atom. The van der Waals surface area contributed by atoms with E-state index < -0.39 is 0 Å². The van der Waals surface area contributed by atoms with Crippen LogP contribution in [0.15, 0.2) is 23.3 Å². The largest absolute Gasteiger partial charge is 0.466 e. The van der Waals surface area contributed by atoms with Crippen molar-refractivity contribution in [3.63, 3.8) is 0 Å². The molecule has 5 heteroatoms. The molecule has 0 aliphatic heterocycles. The number of hydrogen-bond acceptors (Lipinski definition) is 3. The van der Waals surface area contributed by atoms with E-state index in [-0.39, 0.29) is 5.97 Å². The molecule has 0 saturated carbocycles. The number of hydrogen-bond donors (Lipinski definition) is 0. The molecule has 0 radical (unpaired) electrons. The number of carbonyl (C=O) groups is 1. The van der Waals surface area contributed by atoms with Crippen molar-refractivity contribution in [3.05, 3.63) is 39.8 Å². The maximum atomic E-state index is 11.5. The van der Waals surface area contributed by atoms with Crippen molar-refractivity contribution in [1.29, 1.82) is 0 Å². The molecule has 0 bridgehead atoms. The van der Waals surface area contributed by atoms with E-state index in [2.05, 4.69) is 23.9 Å². The standard InChI is InChI=1S/C16H23N3O2/c1-4-9-21-16(20)8-6-13-5-7-14(10-12(2)3)15(11-13)18-19-17/h5,7,11-12H,4,6,8-10H2,1-3H3. The van der Waals surface area contributed by atoms with Crippen molar-refractivity contribution < 1.29 is 9.53 Å². The molecule has 0 aliphatic carbocycles. The molecule has 0 atom stereocenters. The van der Waals surface area contributed by atoms with Crippen molar-refractivity contribution in [2.24, 2.45) is 11.0 Å². The summed E-state index contributed by atoms with van der Waals surface area (Å²) >= 11 is 0. The molecule has 1 aromatic carbocycles. The molecule has 0 heterocycles. The lowest BCUT2D eigenvalue weighted by atomic mass is 9.98. The zero-order chi connectivity index (χ0) is 15.7. The van der Waals surface area contributed by atoms with Gasteiger partial charge in [-0.15, -0.1) is 0 Å². The van der Waals surface area contributed by atoms with Crippen LogP contribution >= 0.6 is 0 Å². The predicted octanol–water partition coefficient (Wildman–Crippen LogP) is 4.71. The molecular formula is C16H23N3O2. The Hall–Kier alpha value is -2.00. The third-order valence-electron chi connectivity index (χ3n) is 3.02. The van der Waals surface area contributed by atoms with Crippen LogP contribution in [0.3, 0.4) is 0 Å². The normalized spacial score (nSPS) is 10.3. The molecule has 0 N–H and O–H groups in total. The Bertz CT molecular complexity index is 520. The highest BCUT2D eigenvalue weighted by Crippen LogP contribution is 2.24. The number of benzene rings is 1. The Balaban J connectivity index is 2.74. The van der Waals surface area contributed by atoms with Gasteiger partial charge in [-0.2, -0.15) is 0 Å². The summed E-state index contributed by atoms with van der Waals surface area (Å²) in [6.07, 6.45) is 2.64. The highest BCUT2D eigenvalue weighted by atomic mass is 16.5. The summed E-state index contributed by atoms with van der Waals surface area (Å²) in [5.41, 5.74) is 11.4. The van der Waals surface area contributed by atoms with Gasteiger partial charge in [-0.3, -0.25) is 4.79 Å². The number of aryl methyl sites for hydroxylation is 1. The minimum atomic E-state index is -0.187. The molecule has 0 amide bonds. The van der Waals surface area contributed by atoms with Crippen LogP contribution in [0.1, 0.15) is 44.7 Å². The Kier molecular flexibility index (Phi) is 7.33. The molecular weight excluding hydrogens is 266 g/mol. The van der Waals surface area contributed by atoms with Crippen LogP contribution in [0.25, 0.3) is 10.4 Å². The number of esters is 1. The fourth-order valence-electron chi connectivity index (χ4n) is 2.05. The van der Waals surface area contributed by atoms with Crippen molar-refractivity contribution >= 4 is 11.7 Å². The predicted molar refractivity (Wildman–Crippen MR) is 83.4 cm³/mol. The molecule has 1 rings (SSSR count). The highest BCUT2D eigenvalue weighted by molar-refractivity contribution is 5.69. The average Bonchev–Trinajstić information content (AvgIpc) is 2.45. The summed E-state index contributed by atoms with van der Waals surface area (Å²) in [6, 6.07) is 5.84. The lowest BCUT2D eigenvalue weighted by Gasteiger charge is -2.10. The first-order valence-corrected chi connectivity index (χ1v) is 7.39. The Morgan fingerprint density at radius 3 is 2.81 bits per heavy atom. The second kappa shape index (κ2) is 9.03. The number of ether oxygens (including phenoxy) is 1. The first-order chi connectivity index (χ1) is 10.1. The van der Waals surface area contributed by atoms with E-state index >= 15 is 0 Å². The van der Waals surface area contributed by atoms with E-state index in [0.29, 0.717) is 31.1 Å². The van der Waals surface area contributed by atoms with Crippen LogP contribution in [0.2, 0.25) is 0 Å². The monoisotopic (exact) mass is 289 g/mol. The second-order valence-electron chi connectivity index (χ2n) is 5.47. The van der Waals surface area contributed by atoms with E-state index in [1.165, 1.54) is 0 Å². The Labute approximate surface area is 125 Å². The van der Waals surface area contributed by atoms with Gasteiger partial charge >= 0.3 is 5.97 Å². The minimum absolute atomic E-state index is 0.187. The zero-order valence-corrected chi connectivity index (χ0v) is 13.0. The van der Waals surface area contributed by atoms with E-state index in [9.17, 15) is 4.79 Å². The van der Waals surface area contributed by atoms with Crippen molar-refractivity contribution in [3.8, 4) is 0 Å². The number of rotatable bonds is 8.